The zero-order valence-electron chi connectivity index (χ0n) is 12.7. The van der Waals surface area contributed by atoms with Crippen molar-refractivity contribution in [3.63, 3.8) is 0 Å². The summed E-state index contributed by atoms with van der Waals surface area (Å²) in [5.41, 5.74) is 15.7. The van der Waals surface area contributed by atoms with Crippen LogP contribution in [0, 0.1) is 0 Å². The van der Waals surface area contributed by atoms with E-state index in [0.717, 1.165) is 42.0 Å². The average molecular weight is 309 g/mol. The maximum Gasteiger partial charge on any atom is 0.173 e. The summed E-state index contributed by atoms with van der Waals surface area (Å²) in [6.07, 6.45) is 4.56. The predicted molar refractivity (Wildman–Crippen MR) is 90.0 cm³/mol. The summed E-state index contributed by atoms with van der Waals surface area (Å²) in [6, 6.07) is 10.5. The van der Waals surface area contributed by atoms with E-state index in [1.54, 1.807) is 6.20 Å². The summed E-state index contributed by atoms with van der Waals surface area (Å²) < 4.78 is 0. The third-order valence-electron chi connectivity index (χ3n) is 4.20. The Morgan fingerprint density at radius 2 is 2.04 bits per heavy atom. The van der Waals surface area contributed by atoms with Gasteiger partial charge in [-0.2, -0.15) is 0 Å². The Hall–Kier alpha value is -2.64. The van der Waals surface area contributed by atoms with Gasteiger partial charge in [0.05, 0.1) is 11.7 Å². The molecule has 0 aliphatic carbocycles. The van der Waals surface area contributed by atoms with Crippen LogP contribution >= 0.6 is 0 Å². The SMILES string of the molecule is Nc1cncc(-c2ccccc2C2=NNNN2[C@@H]2CCNC2)c1. The van der Waals surface area contributed by atoms with Crippen molar-refractivity contribution >= 4 is 11.5 Å². The summed E-state index contributed by atoms with van der Waals surface area (Å²) in [5, 5.41) is 9.92. The first-order valence-electron chi connectivity index (χ1n) is 7.71. The van der Waals surface area contributed by atoms with E-state index in [1.807, 2.05) is 24.4 Å². The number of hydrogen-bond acceptors (Lipinski definition) is 7. The van der Waals surface area contributed by atoms with E-state index >= 15 is 0 Å². The third kappa shape index (κ3) is 2.60. The summed E-state index contributed by atoms with van der Waals surface area (Å²) in [7, 11) is 0. The Balaban J connectivity index is 1.74. The molecule has 1 aromatic heterocycles. The monoisotopic (exact) mass is 309 g/mol. The Morgan fingerprint density at radius 3 is 2.83 bits per heavy atom. The van der Waals surface area contributed by atoms with Gasteiger partial charge in [0.1, 0.15) is 0 Å². The van der Waals surface area contributed by atoms with Crippen molar-refractivity contribution < 1.29 is 0 Å². The second-order valence-corrected chi connectivity index (χ2v) is 5.73. The third-order valence-corrected chi connectivity index (χ3v) is 4.20. The van der Waals surface area contributed by atoms with E-state index in [9.17, 15) is 0 Å². The molecule has 1 aromatic carbocycles. The van der Waals surface area contributed by atoms with Gasteiger partial charge in [-0.05, 0) is 24.6 Å². The smallest absolute Gasteiger partial charge is 0.173 e. The van der Waals surface area contributed by atoms with Gasteiger partial charge in [0.2, 0.25) is 0 Å². The molecule has 23 heavy (non-hydrogen) atoms. The molecule has 0 bridgehead atoms. The molecule has 0 amide bonds. The number of nitrogens with zero attached hydrogens (tertiary/aromatic N) is 3. The molecule has 0 spiro atoms. The van der Waals surface area contributed by atoms with E-state index in [0.29, 0.717) is 11.7 Å². The maximum absolute atomic E-state index is 5.89. The number of benzene rings is 1. The van der Waals surface area contributed by atoms with Crippen LogP contribution in [0.3, 0.4) is 0 Å². The number of rotatable bonds is 3. The Morgan fingerprint density at radius 1 is 1.17 bits per heavy atom. The minimum atomic E-state index is 0.371. The summed E-state index contributed by atoms with van der Waals surface area (Å²) in [6.45, 7) is 1.96. The van der Waals surface area contributed by atoms with Crippen molar-refractivity contribution in [1.82, 2.24) is 26.4 Å². The molecule has 1 atom stereocenters. The fraction of sp³-hybridized carbons (Fsp3) is 0.250. The molecule has 4 rings (SSSR count). The highest BCUT2D eigenvalue weighted by molar-refractivity contribution is 6.04. The summed E-state index contributed by atoms with van der Waals surface area (Å²) in [4.78, 5) is 4.21. The minimum Gasteiger partial charge on any atom is -0.397 e. The molecule has 7 nitrogen and oxygen atoms in total. The molecule has 3 heterocycles. The molecule has 7 heteroatoms. The van der Waals surface area contributed by atoms with Crippen LogP contribution in [0.4, 0.5) is 5.69 Å². The lowest BCUT2D eigenvalue weighted by molar-refractivity contribution is 0.233. The minimum absolute atomic E-state index is 0.371. The van der Waals surface area contributed by atoms with Crippen molar-refractivity contribution in [2.45, 2.75) is 12.5 Å². The largest absolute Gasteiger partial charge is 0.397 e. The number of hydrogen-bond donors (Lipinski definition) is 4. The zero-order chi connectivity index (χ0) is 15.6. The van der Waals surface area contributed by atoms with Crippen molar-refractivity contribution in [2.75, 3.05) is 18.8 Å². The maximum atomic E-state index is 5.89. The highest BCUT2D eigenvalue weighted by atomic mass is 15.8. The molecular formula is C16H19N7. The van der Waals surface area contributed by atoms with Crippen LogP contribution in [-0.4, -0.2) is 35.0 Å². The number of aromatic nitrogens is 1. The van der Waals surface area contributed by atoms with Crippen LogP contribution in [0.15, 0.2) is 47.8 Å². The Labute approximate surface area is 134 Å². The van der Waals surface area contributed by atoms with Gasteiger partial charge in [-0.1, -0.05) is 24.3 Å². The van der Waals surface area contributed by atoms with Gasteiger partial charge in [-0.25, -0.2) is 5.53 Å². The lowest BCUT2D eigenvalue weighted by Crippen LogP contribution is -2.49. The molecule has 2 aliphatic heterocycles. The van der Waals surface area contributed by atoms with Crippen LogP contribution in [0.5, 0.6) is 0 Å². The van der Waals surface area contributed by atoms with E-state index in [4.69, 9.17) is 5.73 Å². The summed E-state index contributed by atoms with van der Waals surface area (Å²) >= 11 is 0. The molecule has 5 N–H and O–H groups in total. The fourth-order valence-electron chi connectivity index (χ4n) is 3.09. The zero-order valence-corrected chi connectivity index (χ0v) is 12.7. The molecule has 1 saturated heterocycles. The van der Waals surface area contributed by atoms with Crippen LogP contribution < -0.4 is 22.1 Å². The molecule has 118 valence electrons. The number of hydrazine groups is 2. The first kappa shape index (κ1) is 14.0. The predicted octanol–water partition coefficient (Wildman–Crippen LogP) is 0.679. The van der Waals surface area contributed by atoms with Gasteiger partial charge in [-0.3, -0.25) is 9.99 Å². The van der Waals surface area contributed by atoms with E-state index in [2.05, 4.69) is 43.6 Å². The highest BCUT2D eigenvalue weighted by Gasteiger charge is 2.30. The van der Waals surface area contributed by atoms with E-state index in [-0.39, 0.29) is 0 Å². The van der Waals surface area contributed by atoms with Crippen LogP contribution in [0.1, 0.15) is 12.0 Å². The van der Waals surface area contributed by atoms with Crippen LogP contribution in [0.2, 0.25) is 0 Å². The Kier molecular flexibility index (Phi) is 3.57. The summed E-state index contributed by atoms with van der Waals surface area (Å²) in [5.74, 6) is 0.886. The van der Waals surface area contributed by atoms with Gasteiger partial charge in [-0.15, -0.1) is 10.6 Å². The number of nitrogens with one attached hydrogen (secondary N) is 3. The fourth-order valence-corrected chi connectivity index (χ4v) is 3.09. The van der Waals surface area contributed by atoms with Crippen LogP contribution in [-0.2, 0) is 0 Å². The molecule has 0 saturated carbocycles. The standard InChI is InChI=1S/C16H19N7/c17-12-7-11(8-19-9-12)14-3-1-2-4-15(14)16-20-21-22-23(16)13-5-6-18-10-13/h1-4,7-9,13,18,21-22H,5-6,10,17H2/t13-/m1/s1. The van der Waals surface area contributed by atoms with Crippen molar-refractivity contribution in [2.24, 2.45) is 5.10 Å². The molecule has 2 aliphatic rings. The lowest BCUT2D eigenvalue weighted by Gasteiger charge is -2.26. The van der Waals surface area contributed by atoms with Gasteiger partial charge in [0.25, 0.3) is 0 Å². The number of nitrogens with two attached hydrogens (primary N) is 1. The molecule has 2 aromatic rings. The topological polar surface area (TPSA) is 90.6 Å². The first-order valence-corrected chi connectivity index (χ1v) is 7.71. The van der Waals surface area contributed by atoms with Gasteiger partial charge in [0, 0.05) is 30.1 Å². The van der Waals surface area contributed by atoms with E-state index < -0.39 is 0 Å². The molecular weight excluding hydrogens is 290 g/mol. The lowest BCUT2D eigenvalue weighted by atomic mass is 9.99. The first-order chi connectivity index (χ1) is 11.3. The highest BCUT2D eigenvalue weighted by Crippen LogP contribution is 2.27. The van der Waals surface area contributed by atoms with Crippen LogP contribution in [0.25, 0.3) is 11.1 Å². The normalized spacial score (nSPS) is 20.4. The average Bonchev–Trinajstić information content (AvgIpc) is 3.26. The molecule has 0 radical (unpaired) electrons. The number of amidine groups is 1. The number of nitrogen functional groups attached to an aromatic ring is 1. The molecule has 1 fully saturated rings. The van der Waals surface area contributed by atoms with Crippen molar-refractivity contribution in [3.8, 4) is 11.1 Å². The quantitative estimate of drug-likeness (QED) is 0.666. The number of hydrazone groups is 1. The number of pyridine rings is 1. The Bertz CT molecular complexity index is 737. The van der Waals surface area contributed by atoms with Gasteiger partial charge >= 0.3 is 0 Å². The second-order valence-electron chi connectivity index (χ2n) is 5.73. The van der Waals surface area contributed by atoms with Crippen molar-refractivity contribution in [1.29, 1.82) is 0 Å². The van der Waals surface area contributed by atoms with Crippen molar-refractivity contribution in [3.05, 3.63) is 48.3 Å². The van der Waals surface area contributed by atoms with E-state index in [1.165, 1.54) is 0 Å². The molecule has 0 unspecified atom stereocenters. The number of anilines is 1. The second kappa shape index (κ2) is 5.86. The van der Waals surface area contributed by atoms with Gasteiger partial charge < -0.3 is 11.1 Å². The van der Waals surface area contributed by atoms with Gasteiger partial charge in [0.15, 0.2) is 5.84 Å².